The summed E-state index contributed by atoms with van der Waals surface area (Å²) in [6.45, 7) is -0.128. The van der Waals surface area contributed by atoms with E-state index in [-0.39, 0.29) is 17.9 Å². The number of ether oxygens (including phenoxy) is 1. The lowest BCUT2D eigenvalue weighted by Gasteiger charge is -2.06. The highest BCUT2D eigenvalue weighted by atomic mass is 35.5. The van der Waals surface area contributed by atoms with Gasteiger partial charge in [-0.05, 0) is 24.3 Å². The van der Waals surface area contributed by atoms with Gasteiger partial charge in [0.05, 0.1) is 16.7 Å². The Morgan fingerprint density at radius 2 is 2.16 bits per heavy atom. The number of pyridine rings is 1. The average molecular weight is 283 g/mol. The molecule has 0 unspecified atom stereocenters. The molecule has 0 N–H and O–H groups in total. The summed E-state index contributed by atoms with van der Waals surface area (Å²) >= 11 is 5.61. The Balaban J connectivity index is 2.16. The van der Waals surface area contributed by atoms with Gasteiger partial charge < -0.3 is 4.74 Å². The summed E-state index contributed by atoms with van der Waals surface area (Å²) in [5, 5.41) is 11.1. The molecule has 98 valence electrons. The van der Waals surface area contributed by atoms with Gasteiger partial charge in [-0.2, -0.15) is 0 Å². The monoisotopic (exact) mass is 282 g/mol. The first-order valence-corrected chi connectivity index (χ1v) is 5.61. The van der Waals surface area contributed by atoms with E-state index in [9.17, 15) is 14.5 Å². The lowest BCUT2D eigenvalue weighted by atomic mass is 10.2. The van der Waals surface area contributed by atoms with Crippen molar-refractivity contribution in [1.29, 1.82) is 0 Å². The molecule has 19 heavy (non-hydrogen) atoms. The third-order valence-corrected chi connectivity index (χ3v) is 2.56. The molecule has 0 saturated carbocycles. The molecule has 0 fully saturated rings. The van der Waals surface area contributed by atoms with Crippen LogP contribution < -0.4 is 4.74 Å². The second-order valence-electron chi connectivity index (χ2n) is 3.64. The molecule has 1 aromatic heterocycles. The quantitative estimate of drug-likeness (QED) is 0.490. The number of benzene rings is 1. The summed E-state index contributed by atoms with van der Waals surface area (Å²) in [4.78, 5) is 14.0. The topological polar surface area (TPSA) is 65.3 Å². The second kappa shape index (κ2) is 5.62. The van der Waals surface area contributed by atoms with Crippen LogP contribution in [-0.4, -0.2) is 9.91 Å². The minimum atomic E-state index is -0.585. The first kappa shape index (κ1) is 13.2. The molecule has 0 saturated heterocycles. The zero-order chi connectivity index (χ0) is 13.8. The number of aromatic nitrogens is 1. The molecule has 0 atom stereocenters. The molecule has 5 nitrogen and oxygen atoms in total. The van der Waals surface area contributed by atoms with E-state index in [1.807, 2.05) is 0 Å². The molecule has 1 aromatic carbocycles. The minimum absolute atomic E-state index is 0.128. The molecule has 2 aromatic rings. The molecular formula is C12H8ClFN2O3. The van der Waals surface area contributed by atoms with Crippen LogP contribution in [0.25, 0.3) is 0 Å². The van der Waals surface area contributed by atoms with Gasteiger partial charge in [-0.3, -0.25) is 10.1 Å². The van der Waals surface area contributed by atoms with Crippen molar-refractivity contribution in [3.63, 3.8) is 0 Å². The van der Waals surface area contributed by atoms with Gasteiger partial charge in [0, 0.05) is 6.07 Å². The maximum absolute atomic E-state index is 13.1. The van der Waals surface area contributed by atoms with Gasteiger partial charge in [0.15, 0.2) is 0 Å². The second-order valence-corrected chi connectivity index (χ2v) is 4.02. The van der Waals surface area contributed by atoms with Crippen molar-refractivity contribution in [2.75, 3.05) is 0 Å². The molecule has 0 aliphatic carbocycles. The first-order valence-electron chi connectivity index (χ1n) is 5.23. The number of nitrogens with zero attached hydrogens (tertiary/aromatic N) is 2. The maximum atomic E-state index is 13.1. The molecule has 0 spiro atoms. The molecule has 2 rings (SSSR count). The smallest absolute Gasteiger partial charge is 0.276 e. The molecule has 0 aliphatic rings. The maximum Gasteiger partial charge on any atom is 0.276 e. The fraction of sp³-hybridized carbons (Fsp3) is 0.0833. The van der Waals surface area contributed by atoms with E-state index in [4.69, 9.17) is 16.3 Å². The number of nitro groups is 1. The fourth-order valence-corrected chi connectivity index (χ4v) is 1.57. The van der Waals surface area contributed by atoms with Gasteiger partial charge in [0.1, 0.15) is 23.3 Å². The zero-order valence-electron chi connectivity index (χ0n) is 9.55. The van der Waals surface area contributed by atoms with Crippen LogP contribution in [-0.2, 0) is 6.61 Å². The van der Waals surface area contributed by atoms with E-state index in [0.717, 1.165) is 18.2 Å². The van der Waals surface area contributed by atoms with Gasteiger partial charge in [0.2, 0.25) is 0 Å². The van der Waals surface area contributed by atoms with Crippen LogP contribution in [0.5, 0.6) is 5.75 Å². The van der Waals surface area contributed by atoms with Crippen LogP contribution in [0.4, 0.5) is 10.1 Å². The zero-order valence-corrected chi connectivity index (χ0v) is 10.3. The van der Waals surface area contributed by atoms with Crippen LogP contribution in [0.3, 0.4) is 0 Å². The van der Waals surface area contributed by atoms with Crippen molar-refractivity contribution >= 4 is 17.3 Å². The van der Waals surface area contributed by atoms with Crippen molar-refractivity contribution < 1.29 is 14.1 Å². The van der Waals surface area contributed by atoms with Crippen LogP contribution in [0.1, 0.15) is 5.56 Å². The highest BCUT2D eigenvalue weighted by molar-refractivity contribution is 6.29. The molecule has 0 radical (unpaired) electrons. The lowest BCUT2D eigenvalue weighted by Crippen LogP contribution is -2.01. The summed E-state index contributed by atoms with van der Waals surface area (Å²) in [5.41, 5.74) is -0.0386. The van der Waals surface area contributed by atoms with E-state index in [0.29, 0.717) is 10.9 Å². The Bertz CT molecular complexity index is 604. The highest BCUT2D eigenvalue weighted by Gasteiger charge is 2.14. The SMILES string of the molecule is O=[N+]([O-])c1ccc(F)cc1COc1ccc(Cl)nc1. The Labute approximate surface area is 112 Å². The van der Waals surface area contributed by atoms with Crippen molar-refractivity contribution in [2.24, 2.45) is 0 Å². The summed E-state index contributed by atoms with van der Waals surface area (Å²) in [6.07, 6.45) is 1.38. The Hall–Kier alpha value is -2.21. The summed E-state index contributed by atoms with van der Waals surface area (Å²) in [6, 6.07) is 6.30. The number of hydrogen-bond acceptors (Lipinski definition) is 4. The predicted molar refractivity (Wildman–Crippen MR) is 66.6 cm³/mol. The molecule has 0 bridgehead atoms. The van der Waals surface area contributed by atoms with Gasteiger partial charge in [-0.15, -0.1) is 0 Å². The summed E-state index contributed by atoms with van der Waals surface area (Å²) in [7, 11) is 0. The Morgan fingerprint density at radius 3 is 2.79 bits per heavy atom. The van der Waals surface area contributed by atoms with E-state index in [2.05, 4.69) is 4.98 Å². The largest absolute Gasteiger partial charge is 0.487 e. The van der Waals surface area contributed by atoms with Crippen molar-refractivity contribution in [1.82, 2.24) is 4.98 Å². The van der Waals surface area contributed by atoms with Crippen LogP contribution in [0.2, 0.25) is 5.15 Å². The third-order valence-electron chi connectivity index (χ3n) is 2.33. The van der Waals surface area contributed by atoms with Crippen LogP contribution >= 0.6 is 11.6 Å². The van der Waals surface area contributed by atoms with Crippen molar-refractivity contribution in [2.45, 2.75) is 6.61 Å². The fourth-order valence-electron chi connectivity index (χ4n) is 1.46. The molecule has 0 aliphatic heterocycles. The number of nitro benzene ring substituents is 1. The molecule has 1 heterocycles. The van der Waals surface area contributed by atoms with Gasteiger partial charge >= 0.3 is 0 Å². The minimum Gasteiger partial charge on any atom is -0.487 e. The standard InChI is InChI=1S/C12H8ClFN2O3/c13-12-4-2-10(6-15-12)19-7-8-5-9(14)1-3-11(8)16(17)18/h1-6H,7H2. The molecule has 0 amide bonds. The van der Waals surface area contributed by atoms with Crippen molar-refractivity contribution in [3.8, 4) is 5.75 Å². The number of rotatable bonds is 4. The Kier molecular flexibility index (Phi) is 3.91. The van der Waals surface area contributed by atoms with E-state index in [1.54, 1.807) is 6.07 Å². The summed E-state index contributed by atoms with van der Waals surface area (Å²) in [5.74, 6) is -0.165. The van der Waals surface area contributed by atoms with Gasteiger partial charge in [-0.1, -0.05) is 11.6 Å². The van der Waals surface area contributed by atoms with Crippen LogP contribution in [0, 0.1) is 15.9 Å². The average Bonchev–Trinajstić information content (AvgIpc) is 2.38. The third kappa shape index (κ3) is 3.38. The van der Waals surface area contributed by atoms with Crippen molar-refractivity contribution in [3.05, 3.63) is 63.2 Å². The van der Waals surface area contributed by atoms with Gasteiger partial charge in [0.25, 0.3) is 5.69 Å². The number of hydrogen-bond donors (Lipinski definition) is 0. The number of halogens is 2. The normalized spacial score (nSPS) is 10.2. The van der Waals surface area contributed by atoms with Crippen LogP contribution in [0.15, 0.2) is 36.5 Å². The molecular weight excluding hydrogens is 275 g/mol. The first-order chi connectivity index (χ1) is 9.06. The predicted octanol–water partition coefficient (Wildman–Crippen LogP) is 3.36. The molecule has 7 heteroatoms. The van der Waals surface area contributed by atoms with E-state index >= 15 is 0 Å². The van der Waals surface area contributed by atoms with Gasteiger partial charge in [-0.25, -0.2) is 9.37 Å². The van der Waals surface area contributed by atoms with E-state index < -0.39 is 10.7 Å². The summed E-state index contributed by atoms with van der Waals surface area (Å²) < 4.78 is 18.4. The highest BCUT2D eigenvalue weighted by Crippen LogP contribution is 2.22. The Morgan fingerprint density at radius 1 is 1.37 bits per heavy atom. The lowest BCUT2D eigenvalue weighted by molar-refractivity contribution is -0.385. The van der Waals surface area contributed by atoms with E-state index in [1.165, 1.54) is 12.3 Å².